The van der Waals surface area contributed by atoms with Gasteiger partial charge in [-0.15, -0.1) is 47.0 Å². The van der Waals surface area contributed by atoms with Gasteiger partial charge in [0.05, 0.1) is 224 Å². The minimum absolute atomic E-state index is 0.0819. The minimum atomic E-state index is 0.0819. The summed E-state index contributed by atoms with van der Waals surface area (Å²) in [5.41, 5.74) is 4.49. The van der Waals surface area contributed by atoms with E-state index in [9.17, 15) is 0 Å². The maximum atomic E-state index is 8.36. The Hall–Kier alpha value is -4.26. The van der Waals surface area contributed by atoms with Gasteiger partial charge in [-0.1, -0.05) is 157 Å². The Morgan fingerprint density at radius 3 is 0.885 bits per heavy atom. The molecule has 0 atom stereocenters. The van der Waals surface area contributed by atoms with Crippen LogP contribution in [0.4, 0.5) is 0 Å². The summed E-state index contributed by atoms with van der Waals surface area (Å²) in [5, 5.41) is 3.79. The summed E-state index contributed by atoms with van der Waals surface area (Å²) in [6.45, 7) is 67.2. The van der Waals surface area contributed by atoms with Crippen LogP contribution in [0.15, 0.2) is 19.6 Å². The Kier molecular flexibility index (Phi) is 44.4. The van der Waals surface area contributed by atoms with Crippen LogP contribution in [0.3, 0.4) is 0 Å². The summed E-state index contributed by atoms with van der Waals surface area (Å²) >= 11 is 41.1. The summed E-state index contributed by atoms with van der Waals surface area (Å²) in [7, 11) is 9.25. The van der Waals surface area contributed by atoms with Gasteiger partial charge in [0.2, 0.25) is 0 Å². The van der Waals surface area contributed by atoms with Crippen LogP contribution in [-0.4, -0.2) is 230 Å². The van der Waals surface area contributed by atoms with Crippen LogP contribution in [-0.2, 0) is 43.7 Å². The van der Waals surface area contributed by atoms with Crippen molar-refractivity contribution >= 4 is 138 Å². The molecule has 4 aromatic carbocycles. The van der Waals surface area contributed by atoms with E-state index in [1.165, 1.54) is 0 Å². The molecule has 130 heavy (non-hydrogen) atoms. The van der Waals surface area contributed by atoms with E-state index in [0.29, 0.717) is 203 Å². The molecule has 8 bridgehead atoms. The van der Waals surface area contributed by atoms with Crippen molar-refractivity contribution in [2.75, 3.05) is 183 Å². The maximum absolute atomic E-state index is 8.36. The second-order valence-corrected chi connectivity index (χ2v) is 45.2. The van der Waals surface area contributed by atoms with Crippen LogP contribution in [0.2, 0.25) is 20.1 Å². The molecule has 0 saturated carbocycles. The molecule has 30 heteroatoms. The first-order valence-corrected chi connectivity index (χ1v) is 54.1. The molecule has 0 unspecified atom stereocenters. The van der Waals surface area contributed by atoms with Gasteiger partial charge in [-0.25, -0.2) is 9.97 Å². The molecule has 7 aromatic rings. The predicted octanol–water partition coefficient (Wildman–Crippen LogP) is 25.8. The van der Waals surface area contributed by atoms with Gasteiger partial charge in [0.1, 0.15) is 44.5 Å². The zero-order valence-corrected chi connectivity index (χ0v) is 91.6. The number of halogens is 4. The summed E-state index contributed by atoms with van der Waals surface area (Å²) in [6, 6.07) is 0. The van der Waals surface area contributed by atoms with Gasteiger partial charge in [0.25, 0.3) is 0 Å². The number of fused-ring (bicyclic) bond motifs is 20. The van der Waals surface area contributed by atoms with E-state index in [-0.39, 0.29) is 106 Å². The third kappa shape index (κ3) is 28.5. The average molecular weight is 1990 g/mol. The molecule has 0 saturated heterocycles. The number of rotatable bonds is 56. The van der Waals surface area contributed by atoms with E-state index < -0.39 is 0 Å². The van der Waals surface area contributed by atoms with Crippen molar-refractivity contribution in [3.8, 4) is 80.0 Å². The number of nitrogens with zero attached hydrogens (tertiary/aromatic N) is 12. The van der Waals surface area contributed by atoms with E-state index in [2.05, 4.69) is 194 Å². The number of benzene rings is 4. The van der Waals surface area contributed by atoms with Crippen molar-refractivity contribution in [3.05, 3.63) is 31.2 Å². The van der Waals surface area contributed by atoms with Gasteiger partial charge in [-0.2, -0.15) is 0 Å². The van der Waals surface area contributed by atoms with Crippen molar-refractivity contribution in [2.24, 2.45) is 47.3 Å². The molecule has 21 nitrogen and oxygen atoms in total. The van der Waals surface area contributed by atoms with Crippen molar-refractivity contribution in [2.45, 2.75) is 237 Å². The molecule has 5 heterocycles. The third-order valence-corrected chi connectivity index (χ3v) is 31.9. The van der Waals surface area contributed by atoms with Crippen molar-refractivity contribution in [3.63, 3.8) is 0 Å². The zero-order chi connectivity index (χ0) is 95.9. The van der Waals surface area contributed by atoms with Crippen molar-refractivity contribution in [1.82, 2.24) is 39.9 Å². The van der Waals surface area contributed by atoms with Gasteiger partial charge in [0.15, 0.2) is 0 Å². The average Bonchev–Trinajstić information content (AvgIpc) is 1.55. The number of thioether (sulfide) groups is 4. The van der Waals surface area contributed by atoms with Crippen LogP contribution >= 0.6 is 93.5 Å². The first-order chi connectivity index (χ1) is 61.8. The third-order valence-electron chi connectivity index (χ3n) is 25.7. The molecule has 723 valence electrons. The Labute approximate surface area is 826 Å². The number of hydrogen-bond donors (Lipinski definition) is 0. The first-order valence-electron chi connectivity index (χ1n) is 48.1. The number of aromatic nitrogens is 8. The normalized spacial score (nSPS) is 12.7. The van der Waals surface area contributed by atoms with Gasteiger partial charge < -0.3 is 85.7 Å². The Morgan fingerprint density at radius 1 is 0.300 bits per heavy atom. The zero-order valence-electron chi connectivity index (χ0n) is 83.9. The van der Waals surface area contributed by atoms with Crippen molar-refractivity contribution in [1.29, 1.82) is 0 Å². The molecule has 0 fully saturated rings. The van der Waals surface area contributed by atoms with E-state index >= 15 is 0 Å². The standard InChI is InChI=1S/C100H156Cl4N12O8S4.O.V/c1-29-113(25,30-2)43-53-125-89-70(60-118-58-68(23)24)72-73(83(80(89)102)119-47-37-61(9)10)95-107-94(72)105-93-71-69(59-117-57-67(21)22)79(101)90(126-54-44-114(26,31-3)32-4)86(122-50-40-64(15)16)74(71)96(106-93)109-97-75-78(88(124-52-42-66(19)20)92(128-56-46-116(28,35-7)36-8)81(103)84(75)120-48-38-62(11)12)100(110-97)112-98-76-77(99(108-95)111-98)87(123-51-41-65(17)18)91(127-55-45-115(27,33-5)34-6)82(104)85(76)121-49-39-63(13)14;;/h61-68H,29-60H2,1-28H3;;/q+2;;+2. The van der Waals surface area contributed by atoms with Crippen LogP contribution in [0.1, 0.15) is 216 Å². The summed E-state index contributed by atoms with van der Waals surface area (Å²) in [6.07, 6.45) is 4.31. The Balaban J connectivity index is 0.0000104. The quantitative estimate of drug-likeness (QED) is 0.0257. The molecule has 9 rings (SSSR count). The molecule has 2 aliphatic rings. The molecule has 0 radical (unpaired) electrons. The molecule has 0 N–H and O–H groups in total. The van der Waals surface area contributed by atoms with E-state index in [4.69, 9.17) is 128 Å². The number of hydrogen-bond acceptors (Lipinski definition) is 19. The molecule has 2 aliphatic heterocycles. The fourth-order valence-electron chi connectivity index (χ4n) is 14.9. The number of ether oxygens (including phenoxy) is 8. The summed E-state index contributed by atoms with van der Waals surface area (Å²) < 4.78 is 70.1. The second-order valence-electron chi connectivity index (χ2n) is 39.3. The monoisotopic (exact) mass is 1990 g/mol. The van der Waals surface area contributed by atoms with E-state index in [1.807, 2.05) is 0 Å². The molecule has 3 aromatic heterocycles. The van der Waals surface area contributed by atoms with Gasteiger partial charge in [-0.3, -0.25) is 0 Å². The SMILES string of the molecule is CC[N+](C)(CC)CCSc1c(Cl)c(OCCC(C)C)c2c(c1COCC(C)C)-c1nc-2nc2[n-]c(nc3nc(nc4[n-]c(n1)c1c(COCC(C)C)c(Cl)c(SCC[N+](C)(CC)CC)c(OCCC(C)C)c41)-c1c(OCCC(C)C)c(Cl)c(SCC[N+](C)(CC)CC)c(OCCC(C)C)c1-3)c1c(OCCC(C)C)c(Cl)c(SCC[N+](C)(CC)CC)c(OCCC(C)C)c21.[O]=[V+2]. The topological polar surface area (TPSA) is 196 Å². The molecular formula is C100H156Cl4N12O9S4V+4. The van der Waals surface area contributed by atoms with E-state index in [0.717, 1.165) is 154 Å². The fraction of sp³-hybridized carbons (Fsp3) is 0.680. The van der Waals surface area contributed by atoms with Crippen LogP contribution < -0.4 is 38.4 Å². The Morgan fingerprint density at radius 2 is 0.546 bits per heavy atom. The fourth-order valence-corrected chi connectivity index (χ4v) is 21.5. The number of quaternary nitrogens is 4. The molecule has 0 aliphatic carbocycles. The summed E-state index contributed by atoms with van der Waals surface area (Å²) in [5.74, 6) is 8.41. The van der Waals surface area contributed by atoms with Crippen LogP contribution in [0.5, 0.6) is 34.5 Å². The Bertz CT molecular complexity index is 4730. The van der Waals surface area contributed by atoms with Gasteiger partial charge in [-0.05, 0) is 141 Å². The van der Waals surface area contributed by atoms with Crippen LogP contribution in [0, 0.1) is 47.3 Å². The first kappa shape index (κ1) is 111. The van der Waals surface area contributed by atoms with Gasteiger partial charge in [0, 0.05) is 102 Å². The summed E-state index contributed by atoms with van der Waals surface area (Å²) in [4.78, 5) is 50.5. The van der Waals surface area contributed by atoms with E-state index in [1.54, 1.807) is 47.0 Å². The van der Waals surface area contributed by atoms with Gasteiger partial charge >= 0.3 is 21.0 Å². The predicted molar refractivity (Wildman–Crippen MR) is 545 cm³/mol. The molecular weight excluding hydrogens is 1830 g/mol. The van der Waals surface area contributed by atoms with Crippen LogP contribution in [0.25, 0.3) is 89.7 Å². The second kappa shape index (κ2) is 52.0. The molecule has 0 amide bonds. The molecule has 0 spiro atoms. The van der Waals surface area contributed by atoms with Crippen molar-refractivity contribution < 1.29 is 76.9 Å².